The molecule has 0 bridgehead atoms. The van der Waals surface area contributed by atoms with Crippen molar-refractivity contribution < 1.29 is 18.4 Å². The van der Waals surface area contributed by atoms with Crippen molar-refractivity contribution in [3.05, 3.63) is 76.6 Å². The van der Waals surface area contributed by atoms with E-state index in [-0.39, 0.29) is 11.8 Å². The van der Waals surface area contributed by atoms with Crippen molar-refractivity contribution in [2.75, 3.05) is 0 Å². The van der Waals surface area contributed by atoms with E-state index in [4.69, 9.17) is 13.6 Å². The van der Waals surface area contributed by atoms with Gasteiger partial charge in [-0.1, -0.05) is 35.9 Å². The van der Waals surface area contributed by atoms with Crippen LogP contribution in [0.3, 0.4) is 0 Å². The van der Waals surface area contributed by atoms with Gasteiger partial charge in [0.2, 0.25) is 11.8 Å². The van der Waals surface area contributed by atoms with Gasteiger partial charge in [-0.2, -0.15) is 4.68 Å². The number of hydrogen-bond donors (Lipinski definition) is 0. The van der Waals surface area contributed by atoms with Gasteiger partial charge in [-0.3, -0.25) is 4.79 Å². The van der Waals surface area contributed by atoms with Crippen molar-refractivity contribution in [3.63, 3.8) is 0 Å². The molecule has 4 aromatic rings. The summed E-state index contributed by atoms with van der Waals surface area (Å²) in [5.41, 5.74) is 2.50. The van der Waals surface area contributed by atoms with E-state index in [1.54, 1.807) is 31.2 Å². The van der Waals surface area contributed by atoms with Gasteiger partial charge in [0.15, 0.2) is 6.10 Å². The maximum atomic E-state index is 12.3. The fourth-order valence-electron chi connectivity index (χ4n) is 2.72. The molecule has 2 aromatic heterocycles. The fourth-order valence-corrected chi connectivity index (χ4v) is 2.72. The van der Waals surface area contributed by atoms with E-state index in [1.807, 2.05) is 37.3 Å². The smallest absolute Gasteiger partial charge is 0.437 e. The predicted molar refractivity (Wildman–Crippen MR) is 105 cm³/mol. The first-order valence-corrected chi connectivity index (χ1v) is 9.23. The molecule has 0 unspecified atom stereocenters. The Morgan fingerprint density at radius 3 is 2.43 bits per heavy atom. The molecule has 0 aliphatic carbocycles. The molecule has 0 aliphatic rings. The van der Waals surface area contributed by atoms with E-state index < -0.39 is 24.4 Å². The number of benzene rings is 2. The van der Waals surface area contributed by atoms with Gasteiger partial charge < -0.3 is 13.6 Å². The molecule has 9 nitrogen and oxygen atoms in total. The monoisotopic (exact) mass is 406 g/mol. The topological polar surface area (TPSA) is 113 Å². The number of ether oxygens (including phenoxy) is 1. The average Bonchev–Trinajstić information content (AvgIpc) is 3.37. The van der Waals surface area contributed by atoms with E-state index >= 15 is 0 Å². The molecule has 0 radical (unpaired) electrons. The molecule has 0 spiro atoms. The Balaban J connectivity index is 1.42. The lowest BCUT2D eigenvalue weighted by molar-refractivity contribution is -0.150. The maximum Gasteiger partial charge on any atom is 0.437 e. The zero-order valence-electron chi connectivity index (χ0n) is 16.3. The van der Waals surface area contributed by atoms with Crippen LogP contribution in [0.5, 0.6) is 0 Å². The first kappa shape index (κ1) is 19.3. The highest BCUT2D eigenvalue weighted by molar-refractivity contribution is 5.69. The predicted octanol–water partition coefficient (Wildman–Crippen LogP) is 3.17. The van der Waals surface area contributed by atoms with Crippen molar-refractivity contribution in [3.8, 4) is 22.9 Å². The van der Waals surface area contributed by atoms with Crippen LogP contribution in [0.1, 0.15) is 24.5 Å². The standard InChI is InChI=1S/C21H18N4O5/c1-13-8-10-16(11-9-13)19-23-22-18(29-19)14(2)28-17(26)12-25-21(27)30-20(24-25)15-6-4-3-5-7-15/h3-11,14H,12H2,1-2H3/t14-/m0/s1. The van der Waals surface area contributed by atoms with Crippen LogP contribution in [0, 0.1) is 6.92 Å². The van der Waals surface area contributed by atoms with Crippen molar-refractivity contribution >= 4 is 5.97 Å². The molecule has 1 atom stereocenters. The second kappa shape index (κ2) is 8.16. The Hall–Kier alpha value is -4.01. The molecule has 0 amide bonds. The molecule has 0 aliphatic heterocycles. The van der Waals surface area contributed by atoms with Gasteiger partial charge in [0, 0.05) is 11.1 Å². The Bertz CT molecular complexity index is 1210. The quantitative estimate of drug-likeness (QED) is 0.449. The van der Waals surface area contributed by atoms with Crippen LogP contribution in [0.15, 0.2) is 68.2 Å². The van der Waals surface area contributed by atoms with Crippen LogP contribution in [0.2, 0.25) is 0 Å². The van der Waals surface area contributed by atoms with Gasteiger partial charge in [-0.05, 0) is 38.1 Å². The van der Waals surface area contributed by atoms with Crippen LogP contribution >= 0.6 is 0 Å². The third-order valence-corrected chi connectivity index (χ3v) is 4.30. The van der Waals surface area contributed by atoms with Crippen LogP contribution in [-0.2, 0) is 16.1 Å². The zero-order chi connectivity index (χ0) is 21.1. The normalized spacial score (nSPS) is 11.9. The summed E-state index contributed by atoms with van der Waals surface area (Å²) >= 11 is 0. The lowest BCUT2D eigenvalue weighted by Gasteiger charge is -2.08. The number of aryl methyl sites for hydroxylation is 1. The molecular formula is C21H18N4O5. The molecule has 0 fully saturated rings. The van der Waals surface area contributed by atoms with Crippen LogP contribution in [0.25, 0.3) is 22.9 Å². The highest BCUT2D eigenvalue weighted by atomic mass is 16.6. The summed E-state index contributed by atoms with van der Waals surface area (Å²) in [5.74, 6) is -0.837. The average molecular weight is 406 g/mol. The third-order valence-electron chi connectivity index (χ3n) is 4.30. The molecule has 9 heteroatoms. The number of rotatable bonds is 6. The summed E-state index contributed by atoms with van der Waals surface area (Å²) in [5, 5.41) is 12.0. The highest BCUT2D eigenvalue weighted by Gasteiger charge is 2.21. The summed E-state index contributed by atoms with van der Waals surface area (Å²) in [7, 11) is 0. The molecule has 0 saturated carbocycles. The number of hydrogen-bond acceptors (Lipinski definition) is 8. The first-order chi connectivity index (χ1) is 14.5. The number of nitrogens with zero attached hydrogens (tertiary/aromatic N) is 4. The fraction of sp³-hybridized carbons (Fsp3) is 0.190. The molecule has 152 valence electrons. The molecule has 30 heavy (non-hydrogen) atoms. The van der Waals surface area contributed by atoms with Gasteiger partial charge in [0.1, 0.15) is 6.54 Å². The molecule has 0 N–H and O–H groups in total. The van der Waals surface area contributed by atoms with Crippen molar-refractivity contribution in [1.29, 1.82) is 0 Å². The van der Waals surface area contributed by atoms with E-state index in [9.17, 15) is 9.59 Å². The van der Waals surface area contributed by atoms with Crippen molar-refractivity contribution in [2.45, 2.75) is 26.5 Å². The van der Waals surface area contributed by atoms with Gasteiger partial charge in [0.05, 0.1) is 0 Å². The molecule has 4 rings (SSSR count). The number of esters is 1. The lowest BCUT2D eigenvalue weighted by Crippen LogP contribution is -2.23. The largest absolute Gasteiger partial charge is 0.451 e. The zero-order valence-corrected chi connectivity index (χ0v) is 16.3. The first-order valence-electron chi connectivity index (χ1n) is 9.23. The SMILES string of the molecule is Cc1ccc(-c2nnc([C@H](C)OC(=O)Cn3nc(-c4ccccc4)oc3=O)o2)cc1. The number of carbonyl (C=O) groups excluding carboxylic acids is 1. The molecule has 2 aromatic carbocycles. The van der Waals surface area contributed by atoms with Crippen LogP contribution in [-0.4, -0.2) is 25.9 Å². The minimum Gasteiger partial charge on any atom is -0.451 e. The van der Waals surface area contributed by atoms with Gasteiger partial charge in [-0.15, -0.1) is 15.3 Å². The molecular weight excluding hydrogens is 388 g/mol. The summed E-state index contributed by atoms with van der Waals surface area (Å²) in [6, 6.07) is 16.5. The van der Waals surface area contributed by atoms with Crippen molar-refractivity contribution in [2.24, 2.45) is 0 Å². The van der Waals surface area contributed by atoms with Crippen LogP contribution in [0.4, 0.5) is 0 Å². The Labute approximate surface area is 170 Å². The van der Waals surface area contributed by atoms with Gasteiger partial charge in [0.25, 0.3) is 5.89 Å². The summed E-state index contributed by atoms with van der Waals surface area (Å²) in [6.45, 7) is 3.18. The number of aromatic nitrogens is 4. The Morgan fingerprint density at radius 2 is 1.70 bits per heavy atom. The molecule has 2 heterocycles. The maximum absolute atomic E-state index is 12.3. The highest BCUT2D eigenvalue weighted by Crippen LogP contribution is 2.23. The van der Waals surface area contributed by atoms with Gasteiger partial charge in [-0.25, -0.2) is 4.79 Å². The van der Waals surface area contributed by atoms with Crippen molar-refractivity contribution in [1.82, 2.24) is 20.0 Å². The van der Waals surface area contributed by atoms with Crippen LogP contribution < -0.4 is 5.76 Å². The van der Waals surface area contributed by atoms with Gasteiger partial charge >= 0.3 is 11.7 Å². The van der Waals surface area contributed by atoms with E-state index in [2.05, 4.69) is 15.3 Å². The minimum absolute atomic E-state index is 0.126. The minimum atomic E-state index is -0.791. The second-order valence-corrected chi connectivity index (χ2v) is 6.64. The summed E-state index contributed by atoms with van der Waals surface area (Å²) < 4.78 is 16.9. The Kier molecular flexibility index (Phi) is 5.25. The lowest BCUT2D eigenvalue weighted by atomic mass is 10.1. The second-order valence-electron chi connectivity index (χ2n) is 6.64. The summed E-state index contributed by atoms with van der Waals surface area (Å²) in [4.78, 5) is 24.2. The van der Waals surface area contributed by atoms with E-state index in [1.165, 1.54) is 0 Å². The van der Waals surface area contributed by atoms with E-state index in [0.29, 0.717) is 11.5 Å². The van der Waals surface area contributed by atoms with E-state index in [0.717, 1.165) is 15.8 Å². The summed E-state index contributed by atoms with van der Waals surface area (Å²) in [6.07, 6.45) is -0.791. The third kappa shape index (κ3) is 4.19. The number of carbonyl (C=O) groups is 1. The Morgan fingerprint density at radius 1 is 1.00 bits per heavy atom. The molecule has 0 saturated heterocycles.